The molecule has 64 valence electrons. The first-order chi connectivity index (χ1) is 5.25. The van der Waals surface area contributed by atoms with E-state index in [1.165, 1.54) is 15.3 Å². The number of nitrogens with zero attached hydrogens (tertiary/aromatic N) is 3. The highest BCUT2D eigenvalue weighted by Gasteiger charge is 2.24. The maximum absolute atomic E-state index is 13.0. The van der Waals surface area contributed by atoms with E-state index < -0.39 is 6.42 Å². The summed E-state index contributed by atoms with van der Waals surface area (Å²) >= 11 is 3.00. The molecular formula is C6H11BrFN3. The van der Waals surface area contributed by atoms with Gasteiger partial charge in [-0.2, -0.15) is 9.49 Å². The number of halogens is 2. The molecule has 0 aromatic heterocycles. The zero-order chi connectivity index (χ0) is 8.27. The Morgan fingerprint density at radius 1 is 1.73 bits per heavy atom. The van der Waals surface area contributed by atoms with Crippen LogP contribution in [0.2, 0.25) is 0 Å². The molecule has 11 heavy (non-hydrogen) atoms. The van der Waals surface area contributed by atoms with Gasteiger partial charge in [0.2, 0.25) is 0 Å². The lowest BCUT2D eigenvalue weighted by atomic mass is 10.3. The summed E-state index contributed by atoms with van der Waals surface area (Å²) in [7, 11) is 0. The summed E-state index contributed by atoms with van der Waals surface area (Å²) in [5, 5.41) is 5.26. The number of alkyl halides is 1. The summed E-state index contributed by atoms with van der Waals surface area (Å²) in [4.78, 5) is 0. The summed E-state index contributed by atoms with van der Waals surface area (Å²) in [5.41, 5.74) is 0. The van der Waals surface area contributed by atoms with Gasteiger partial charge in [0.25, 0.3) is 6.42 Å². The fourth-order valence-electron chi connectivity index (χ4n) is 0.837. The van der Waals surface area contributed by atoms with Crippen LogP contribution in [0.5, 0.6) is 0 Å². The van der Waals surface area contributed by atoms with E-state index in [1.807, 2.05) is 0 Å². The molecule has 0 aromatic rings. The molecule has 0 bridgehead atoms. The molecule has 0 N–H and O–H groups in total. The van der Waals surface area contributed by atoms with Crippen molar-refractivity contribution in [3.05, 3.63) is 0 Å². The van der Waals surface area contributed by atoms with Crippen molar-refractivity contribution in [3.8, 4) is 0 Å². The Labute approximate surface area is 74.2 Å². The number of unbranched alkanes of at least 4 members (excludes halogenated alkanes) is 1. The smallest absolute Gasteiger partial charge is 0.246 e. The fraction of sp³-hybridized carbons (Fsp3) is 0.833. The van der Waals surface area contributed by atoms with E-state index in [2.05, 4.69) is 28.2 Å². The van der Waals surface area contributed by atoms with Crippen LogP contribution in [0.25, 0.3) is 0 Å². The van der Waals surface area contributed by atoms with Crippen LogP contribution in [0.4, 0.5) is 4.39 Å². The van der Waals surface area contributed by atoms with E-state index in [9.17, 15) is 4.39 Å². The highest BCUT2D eigenvalue weighted by Crippen LogP contribution is 2.17. The standard InChI is InChI=1S/C6H11BrFN3/c1-2-3-4-11-6(8)10(7)5-9-11/h5-6H,2-4H2,1H3. The lowest BCUT2D eigenvalue weighted by Gasteiger charge is -2.18. The third-order valence-electron chi connectivity index (χ3n) is 1.50. The Hall–Kier alpha value is -0.320. The summed E-state index contributed by atoms with van der Waals surface area (Å²) in [5.74, 6) is 0. The first-order valence-corrected chi connectivity index (χ1v) is 4.35. The monoisotopic (exact) mass is 223 g/mol. The highest BCUT2D eigenvalue weighted by molar-refractivity contribution is 9.07. The quantitative estimate of drug-likeness (QED) is 0.538. The zero-order valence-corrected chi connectivity index (χ0v) is 7.96. The van der Waals surface area contributed by atoms with Crippen molar-refractivity contribution in [2.75, 3.05) is 6.54 Å². The first-order valence-electron chi connectivity index (χ1n) is 3.64. The van der Waals surface area contributed by atoms with Crippen LogP contribution < -0.4 is 0 Å². The van der Waals surface area contributed by atoms with Crippen LogP contribution in [0, 0.1) is 0 Å². The van der Waals surface area contributed by atoms with Crippen molar-refractivity contribution in [2.24, 2.45) is 5.10 Å². The second-order valence-corrected chi connectivity index (χ2v) is 3.22. The molecule has 0 radical (unpaired) electrons. The average molecular weight is 224 g/mol. The van der Waals surface area contributed by atoms with Crippen molar-refractivity contribution in [1.29, 1.82) is 0 Å². The van der Waals surface area contributed by atoms with Gasteiger partial charge >= 0.3 is 0 Å². The van der Waals surface area contributed by atoms with Gasteiger partial charge < -0.3 is 0 Å². The van der Waals surface area contributed by atoms with Crippen molar-refractivity contribution in [2.45, 2.75) is 26.2 Å². The Bertz CT molecular complexity index is 153. The van der Waals surface area contributed by atoms with Gasteiger partial charge in [-0.3, -0.25) is 0 Å². The van der Waals surface area contributed by atoms with Crippen molar-refractivity contribution >= 4 is 22.5 Å². The number of hydrogen-bond acceptors (Lipinski definition) is 3. The van der Waals surface area contributed by atoms with Gasteiger partial charge in [0, 0.05) is 6.54 Å². The summed E-state index contributed by atoms with van der Waals surface area (Å²) in [6.45, 7) is 2.75. The molecule has 1 atom stereocenters. The molecule has 1 unspecified atom stereocenters. The van der Waals surface area contributed by atoms with E-state index in [0.29, 0.717) is 6.54 Å². The molecule has 0 fully saturated rings. The van der Waals surface area contributed by atoms with Crippen molar-refractivity contribution in [3.63, 3.8) is 0 Å². The van der Waals surface area contributed by atoms with Crippen LogP contribution >= 0.6 is 16.1 Å². The average Bonchev–Trinajstić information content (AvgIpc) is 2.31. The van der Waals surface area contributed by atoms with Crippen molar-refractivity contribution < 1.29 is 4.39 Å². The largest absolute Gasteiger partial charge is 0.274 e. The SMILES string of the molecule is CCCCN1N=CN(Br)C1F. The second kappa shape index (κ2) is 3.90. The molecular weight excluding hydrogens is 213 g/mol. The maximum atomic E-state index is 13.0. The third-order valence-corrected chi connectivity index (χ3v) is 2.02. The molecule has 0 amide bonds. The van der Waals surface area contributed by atoms with Gasteiger partial charge in [-0.15, -0.1) is 0 Å². The Morgan fingerprint density at radius 2 is 2.45 bits per heavy atom. The van der Waals surface area contributed by atoms with Gasteiger partial charge in [0.05, 0.1) is 16.1 Å². The van der Waals surface area contributed by atoms with Gasteiger partial charge in [-0.05, 0) is 6.42 Å². The predicted octanol–water partition coefficient (Wildman–Crippen LogP) is 1.91. The molecule has 0 aromatic carbocycles. The molecule has 0 saturated heterocycles. The lowest BCUT2D eigenvalue weighted by Crippen LogP contribution is -2.30. The highest BCUT2D eigenvalue weighted by atomic mass is 79.9. The van der Waals surface area contributed by atoms with Crippen LogP contribution in [0.1, 0.15) is 19.8 Å². The molecule has 1 aliphatic heterocycles. The minimum Gasteiger partial charge on any atom is -0.246 e. The molecule has 1 heterocycles. The molecule has 0 aliphatic carbocycles. The summed E-state index contributed by atoms with van der Waals surface area (Å²) < 4.78 is 14.3. The number of rotatable bonds is 3. The number of hydrazone groups is 1. The number of hydrogen-bond donors (Lipinski definition) is 0. The molecule has 5 heteroatoms. The summed E-state index contributed by atoms with van der Waals surface area (Å²) in [6.07, 6.45) is 2.32. The van der Waals surface area contributed by atoms with Gasteiger partial charge in [0.15, 0.2) is 0 Å². The van der Waals surface area contributed by atoms with Crippen LogP contribution in [0.3, 0.4) is 0 Å². The molecule has 3 nitrogen and oxygen atoms in total. The molecule has 1 aliphatic rings. The van der Waals surface area contributed by atoms with Crippen molar-refractivity contribution in [1.82, 2.24) is 8.93 Å². The fourth-order valence-corrected chi connectivity index (χ4v) is 1.13. The lowest BCUT2D eigenvalue weighted by molar-refractivity contribution is 0.0575. The van der Waals surface area contributed by atoms with Gasteiger partial charge in [-0.1, -0.05) is 13.3 Å². The van der Waals surface area contributed by atoms with Crippen LogP contribution in [-0.2, 0) is 0 Å². The Balaban J connectivity index is 2.31. The van der Waals surface area contributed by atoms with Crippen LogP contribution in [0.15, 0.2) is 5.10 Å². The summed E-state index contributed by atoms with van der Waals surface area (Å²) in [6, 6.07) is 0. The van der Waals surface area contributed by atoms with E-state index in [4.69, 9.17) is 0 Å². The van der Waals surface area contributed by atoms with Gasteiger partial charge in [0.1, 0.15) is 6.34 Å². The van der Waals surface area contributed by atoms with E-state index in [1.54, 1.807) is 0 Å². The van der Waals surface area contributed by atoms with E-state index in [0.717, 1.165) is 12.8 Å². The minimum atomic E-state index is -1.14. The predicted molar refractivity (Wildman–Crippen MR) is 45.8 cm³/mol. The van der Waals surface area contributed by atoms with E-state index >= 15 is 0 Å². The molecule has 0 saturated carbocycles. The van der Waals surface area contributed by atoms with Gasteiger partial charge in [-0.25, -0.2) is 8.93 Å². The Morgan fingerprint density at radius 3 is 2.91 bits per heavy atom. The third kappa shape index (κ3) is 2.05. The second-order valence-electron chi connectivity index (χ2n) is 2.40. The van der Waals surface area contributed by atoms with E-state index in [-0.39, 0.29) is 0 Å². The first kappa shape index (κ1) is 8.77. The normalized spacial score (nSPS) is 23.4. The van der Waals surface area contributed by atoms with Crippen LogP contribution in [-0.4, -0.2) is 28.2 Å². The Kier molecular flexibility index (Phi) is 3.11. The zero-order valence-electron chi connectivity index (χ0n) is 6.37. The minimum absolute atomic E-state index is 0.677. The maximum Gasteiger partial charge on any atom is 0.274 e. The topological polar surface area (TPSA) is 18.8 Å². The molecule has 1 rings (SSSR count). The molecule has 0 spiro atoms.